The van der Waals surface area contributed by atoms with Crippen LogP contribution in [-0.2, 0) is 10.0 Å². The lowest BCUT2D eigenvalue weighted by atomic mass is 10.2. The highest BCUT2D eigenvalue weighted by molar-refractivity contribution is 7.92. The van der Waals surface area contributed by atoms with Gasteiger partial charge in [-0.25, -0.2) is 8.42 Å². The van der Waals surface area contributed by atoms with Crippen molar-refractivity contribution in [1.29, 1.82) is 0 Å². The van der Waals surface area contributed by atoms with E-state index < -0.39 is 10.0 Å². The number of nitrogens with one attached hydrogen (secondary N) is 1. The van der Waals surface area contributed by atoms with Crippen LogP contribution in [0.3, 0.4) is 0 Å². The summed E-state index contributed by atoms with van der Waals surface area (Å²) in [5, 5.41) is 0. The number of hydrogen-bond donors (Lipinski definition) is 1. The second-order valence-electron chi connectivity index (χ2n) is 4.00. The SMILES string of the molecule is COc1cc(C)ccc1S(=O)(=O)Nc1ccncc1. The summed E-state index contributed by atoms with van der Waals surface area (Å²) in [5.41, 5.74) is 1.39. The first kappa shape index (κ1) is 13.4. The van der Waals surface area contributed by atoms with Gasteiger partial charge in [0, 0.05) is 12.4 Å². The summed E-state index contributed by atoms with van der Waals surface area (Å²) in [6, 6.07) is 8.10. The molecule has 1 aromatic carbocycles. The maximum absolute atomic E-state index is 12.3. The molecule has 6 heteroatoms. The van der Waals surface area contributed by atoms with Gasteiger partial charge in [0.05, 0.1) is 12.8 Å². The van der Waals surface area contributed by atoms with Gasteiger partial charge in [-0.2, -0.15) is 0 Å². The van der Waals surface area contributed by atoms with Crippen molar-refractivity contribution in [3.8, 4) is 5.75 Å². The maximum Gasteiger partial charge on any atom is 0.265 e. The number of ether oxygens (including phenoxy) is 1. The Morgan fingerprint density at radius 2 is 1.84 bits per heavy atom. The molecule has 0 radical (unpaired) electrons. The molecule has 0 saturated heterocycles. The number of rotatable bonds is 4. The van der Waals surface area contributed by atoms with Crippen LogP contribution in [0, 0.1) is 6.92 Å². The van der Waals surface area contributed by atoms with Crippen LogP contribution in [0.25, 0.3) is 0 Å². The van der Waals surface area contributed by atoms with E-state index in [1.54, 1.807) is 24.3 Å². The summed E-state index contributed by atoms with van der Waals surface area (Å²) < 4.78 is 32.2. The van der Waals surface area contributed by atoms with Crippen molar-refractivity contribution in [2.24, 2.45) is 0 Å². The predicted octanol–water partition coefficient (Wildman–Crippen LogP) is 2.20. The Kier molecular flexibility index (Phi) is 3.71. The standard InChI is InChI=1S/C13H14N2O3S/c1-10-3-4-13(12(9-10)18-2)19(16,17)15-11-5-7-14-8-6-11/h3-9H,1-2H3,(H,14,15). The number of aryl methyl sites for hydroxylation is 1. The minimum atomic E-state index is -3.68. The maximum atomic E-state index is 12.3. The molecule has 2 rings (SSSR count). The number of anilines is 1. The first-order valence-electron chi connectivity index (χ1n) is 5.60. The molecule has 0 aliphatic carbocycles. The number of hydrogen-bond acceptors (Lipinski definition) is 4. The Bertz CT molecular complexity index is 670. The zero-order valence-corrected chi connectivity index (χ0v) is 11.4. The third-order valence-corrected chi connectivity index (χ3v) is 3.96. The fourth-order valence-corrected chi connectivity index (χ4v) is 2.84. The van der Waals surface area contributed by atoms with E-state index in [2.05, 4.69) is 9.71 Å². The van der Waals surface area contributed by atoms with Gasteiger partial charge >= 0.3 is 0 Å². The third-order valence-electron chi connectivity index (χ3n) is 2.54. The smallest absolute Gasteiger partial charge is 0.265 e. The van der Waals surface area contributed by atoms with Gasteiger partial charge in [0.2, 0.25) is 0 Å². The first-order valence-corrected chi connectivity index (χ1v) is 7.09. The van der Waals surface area contributed by atoms with E-state index in [1.165, 1.54) is 25.6 Å². The summed E-state index contributed by atoms with van der Waals surface area (Å²) in [4.78, 5) is 3.94. The largest absolute Gasteiger partial charge is 0.495 e. The van der Waals surface area contributed by atoms with Gasteiger partial charge in [-0.15, -0.1) is 0 Å². The highest BCUT2D eigenvalue weighted by Crippen LogP contribution is 2.26. The molecule has 1 aromatic heterocycles. The Labute approximate surface area is 112 Å². The quantitative estimate of drug-likeness (QED) is 0.931. The molecule has 5 nitrogen and oxygen atoms in total. The van der Waals surface area contributed by atoms with E-state index >= 15 is 0 Å². The number of aromatic nitrogens is 1. The minimum absolute atomic E-state index is 0.109. The topological polar surface area (TPSA) is 68.3 Å². The fraction of sp³-hybridized carbons (Fsp3) is 0.154. The molecule has 19 heavy (non-hydrogen) atoms. The van der Waals surface area contributed by atoms with E-state index in [9.17, 15) is 8.42 Å². The molecule has 0 saturated carbocycles. The number of pyridine rings is 1. The molecule has 100 valence electrons. The summed E-state index contributed by atoms with van der Waals surface area (Å²) in [6.45, 7) is 1.87. The van der Waals surface area contributed by atoms with Gasteiger partial charge < -0.3 is 4.74 Å². The average molecular weight is 278 g/mol. The van der Waals surface area contributed by atoms with Crippen molar-refractivity contribution in [1.82, 2.24) is 4.98 Å². The lowest BCUT2D eigenvalue weighted by molar-refractivity contribution is 0.402. The number of methoxy groups -OCH3 is 1. The van der Waals surface area contributed by atoms with E-state index in [1.807, 2.05) is 6.92 Å². The lowest BCUT2D eigenvalue weighted by Gasteiger charge is -2.11. The Hall–Kier alpha value is -2.08. The fourth-order valence-electron chi connectivity index (χ4n) is 1.63. The number of benzene rings is 1. The van der Waals surface area contributed by atoms with Crippen molar-refractivity contribution in [3.63, 3.8) is 0 Å². The Morgan fingerprint density at radius 1 is 1.16 bits per heavy atom. The van der Waals surface area contributed by atoms with Crippen molar-refractivity contribution in [2.75, 3.05) is 11.8 Å². The van der Waals surface area contributed by atoms with E-state index in [4.69, 9.17) is 4.74 Å². The summed E-state index contributed by atoms with van der Waals surface area (Å²) in [5.74, 6) is 0.321. The molecule has 1 N–H and O–H groups in total. The van der Waals surface area contributed by atoms with Crippen LogP contribution in [0.15, 0.2) is 47.6 Å². The molecule has 0 atom stereocenters. The van der Waals surface area contributed by atoms with E-state index in [-0.39, 0.29) is 4.90 Å². The molecule has 0 spiro atoms. The van der Waals surface area contributed by atoms with Crippen molar-refractivity contribution in [2.45, 2.75) is 11.8 Å². The molecule has 0 amide bonds. The van der Waals surface area contributed by atoms with Crippen LogP contribution in [0.2, 0.25) is 0 Å². The van der Waals surface area contributed by atoms with E-state index in [0.717, 1.165) is 5.56 Å². The Morgan fingerprint density at radius 3 is 2.47 bits per heavy atom. The predicted molar refractivity (Wildman–Crippen MR) is 72.8 cm³/mol. The molecular formula is C13H14N2O3S. The summed E-state index contributed by atoms with van der Waals surface area (Å²) in [7, 11) is -2.23. The minimum Gasteiger partial charge on any atom is -0.495 e. The van der Waals surface area contributed by atoms with Crippen molar-refractivity contribution >= 4 is 15.7 Å². The normalized spacial score (nSPS) is 11.1. The highest BCUT2D eigenvalue weighted by Gasteiger charge is 2.19. The summed E-state index contributed by atoms with van der Waals surface area (Å²) >= 11 is 0. The van der Waals surface area contributed by atoms with Crippen molar-refractivity contribution in [3.05, 3.63) is 48.3 Å². The van der Waals surface area contributed by atoms with Crippen LogP contribution < -0.4 is 9.46 Å². The van der Waals surface area contributed by atoms with E-state index in [0.29, 0.717) is 11.4 Å². The van der Waals surface area contributed by atoms with Gasteiger partial charge in [0.15, 0.2) is 0 Å². The molecule has 0 unspecified atom stereocenters. The van der Waals surface area contributed by atoms with Crippen molar-refractivity contribution < 1.29 is 13.2 Å². The molecule has 2 aromatic rings. The summed E-state index contributed by atoms with van der Waals surface area (Å²) in [6.07, 6.45) is 3.04. The molecule has 0 aliphatic rings. The zero-order chi connectivity index (χ0) is 13.9. The monoisotopic (exact) mass is 278 g/mol. The Balaban J connectivity index is 2.40. The second-order valence-corrected chi connectivity index (χ2v) is 5.65. The van der Waals surface area contributed by atoms with Gasteiger partial charge in [0.25, 0.3) is 10.0 Å². The van der Waals surface area contributed by atoms with Gasteiger partial charge in [-0.1, -0.05) is 6.07 Å². The number of sulfonamides is 1. The zero-order valence-electron chi connectivity index (χ0n) is 10.6. The van der Waals surface area contributed by atoms with Crippen LogP contribution in [-0.4, -0.2) is 20.5 Å². The third kappa shape index (κ3) is 3.03. The first-order chi connectivity index (χ1) is 9.03. The van der Waals surface area contributed by atoms with Gasteiger partial charge in [0.1, 0.15) is 10.6 Å². The van der Waals surface area contributed by atoms with Gasteiger partial charge in [-0.05, 0) is 36.8 Å². The van der Waals surface area contributed by atoms with Crippen LogP contribution in [0.1, 0.15) is 5.56 Å². The van der Waals surface area contributed by atoms with Crippen LogP contribution in [0.4, 0.5) is 5.69 Å². The number of nitrogens with zero attached hydrogens (tertiary/aromatic N) is 1. The molecule has 0 bridgehead atoms. The molecular weight excluding hydrogens is 264 g/mol. The molecule has 0 aliphatic heterocycles. The lowest BCUT2D eigenvalue weighted by Crippen LogP contribution is -2.14. The van der Waals surface area contributed by atoms with Crippen LogP contribution >= 0.6 is 0 Å². The molecule has 1 heterocycles. The average Bonchev–Trinajstić information content (AvgIpc) is 2.38. The highest BCUT2D eigenvalue weighted by atomic mass is 32.2. The van der Waals surface area contributed by atoms with Crippen LogP contribution in [0.5, 0.6) is 5.75 Å². The molecule has 0 fully saturated rings. The van der Waals surface area contributed by atoms with Gasteiger partial charge in [-0.3, -0.25) is 9.71 Å². The second kappa shape index (κ2) is 5.27.